The number of carbonyl (C=O) groups is 2. The van der Waals surface area contributed by atoms with Gasteiger partial charge in [-0.25, -0.2) is 26.5 Å². The Hall–Kier alpha value is -2.96. The maximum absolute atomic E-state index is 13.1. The Balaban J connectivity index is 1.85. The van der Waals surface area contributed by atoms with Crippen molar-refractivity contribution in [2.24, 2.45) is 0 Å². The summed E-state index contributed by atoms with van der Waals surface area (Å²) in [5, 5.41) is 9.81. The highest BCUT2D eigenvalue weighted by atomic mass is 32.2. The number of aliphatic carboxylic acids is 1. The second-order valence-corrected chi connectivity index (χ2v) is 12.2. The number of anilines is 1. The highest BCUT2D eigenvalue weighted by Crippen LogP contribution is 2.33. The number of alkyl halides is 3. The van der Waals surface area contributed by atoms with Gasteiger partial charge in [0.15, 0.2) is 9.34 Å². The van der Waals surface area contributed by atoms with Crippen LogP contribution in [0, 0.1) is 6.92 Å². The molecular formula is C18H19F3N4O8S3. The molecule has 12 nitrogen and oxygen atoms in total. The minimum absolute atomic E-state index is 0.0619. The Labute approximate surface area is 207 Å². The summed E-state index contributed by atoms with van der Waals surface area (Å²) < 4.78 is 93.9. The van der Waals surface area contributed by atoms with Crippen LogP contribution in [0.3, 0.4) is 0 Å². The number of hydrogen-bond donors (Lipinski definition) is 2. The van der Waals surface area contributed by atoms with Gasteiger partial charge in [-0.1, -0.05) is 11.3 Å². The molecule has 1 aliphatic heterocycles. The number of piperazine rings is 1. The molecule has 0 radical (unpaired) electrons. The average molecular weight is 573 g/mol. The molecule has 2 aromatic rings. The van der Waals surface area contributed by atoms with Crippen molar-refractivity contribution in [3.8, 4) is 5.75 Å². The van der Waals surface area contributed by atoms with Gasteiger partial charge in [-0.3, -0.25) is 9.59 Å². The summed E-state index contributed by atoms with van der Waals surface area (Å²) in [5.74, 6) is -2.96. The Morgan fingerprint density at radius 3 is 2.31 bits per heavy atom. The first-order valence-corrected chi connectivity index (χ1v) is 13.6. The number of carboxylic acids is 1. The van der Waals surface area contributed by atoms with Crippen LogP contribution in [0.4, 0.5) is 18.3 Å². The lowest BCUT2D eigenvalue weighted by atomic mass is 10.2. The summed E-state index contributed by atoms with van der Waals surface area (Å²) in [6.07, 6.45) is -4.97. The predicted octanol–water partition coefficient (Wildman–Crippen LogP) is 1.14. The number of aryl methyl sites for hydroxylation is 1. The maximum atomic E-state index is 13.1. The van der Waals surface area contributed by atoms with Gasteiger partial charge in [-0.05, 0) is 31.2 Å². The van der Waals surface area contributed by atoms with E-state index in [0.717, 1.165) is 31.2 Å². The third-order valence-electron chi connectivity index (χ3n) is 4.82. The van der Waals surface area contributed by atoms with Crippen LogP contribution in [0.15, 0.2) is 33.4 Å². The van der Waals surface area contributed by atoms with Crippen molar-refractivity contribution in [3.05, 3.63) is 30.0 Å². The number of rotatable bonds is 7. The zero-order valence-electron chi connectivity index (χ0n) is 18.5. The first-order valence-electron chi connectivity index (χ1n) is 9.87. The van der Waals surface area contributed by atoms with Crippen molar-refractivity contribution in [1.29, 1.82) is 0 Å². The van der Waals surface area contributed by atoms with Crippen molar-refractivity contribution in [2.45, 2.75) is 35.4 Å². The lowest BCUT2D eigenvalue weighted by molar-refractivity contribution is -0.274. The van der Waals surface area contributed by atoms with Gasteiger partial charge in [0.2, 0.25) is 15.9 Å². The molecule has 3 rings (SSSR count). The van der Waals surface area contributed by atoms with Crippen LogP contribution in [0.1, 0.15) is 12.6 Å². The number of benzene rings is 1. The second-order valence-electron chi connectivity index (χ2n) is 7.47. The lowest BCUT2D eigenvalue weighted by Gasteiger charge is -2.38. The smallest absolute Gasteiger partial charge is 0.480 e. The number of halogens is 3. The zero-order valence-corrected chi connectivity index (χ0v) is 21.0. The number of hydrogen-bond acceptors (Lipinski definition) is 10. The van der Waals surface area contributed by atoms with Crippen LogP contribution in [0.25, 0.3) is 0 Å². The zero-order chi connectivity index (χ0) is 27.1. The third-order valence-corrected chi connectivity index (χ3v) is 10.00. The number of carboxylic acid groups (broad SMARTS) is 1. The summed E-state index contributed by atoms with van der Waals surface area (Å²) in [4.78, 5) is 28.2. The van der Waals surface area contributed by atoms with Crippen LogP contribution < -0.4 is 14.4 Å². The van der Waals surface area contributed by atoms with Crippen molar-refractivity contribution in [1.82, 2.24) is 14.0 Å². The monoisotopic (exact) mass is 572 g/mol. The number of ether oxygens (including phenoxy) is 1. The Bertz CT molecular complexity index is 1380. The van der Waals surface area contributed by atoms with E-state index in [-0.39, 0.29) is 28.1 Å². The molecule has 1 aromatic heterocycles. The second kappa shape index (κ2) is 9.83. The van der Waals surface area contributed by atoms with Gasteiger partial charge < -0.3 is 14.7 Å². The van der Waals surface area contributed by atoms with Crippen LogP contribution in [-0.2, 0) is 29.6 Å². The van der Waals surface area contributed by atoms with Crippen molar-refractivity contribution >= 4 is 48.4 Å². The topological polar surface area (TPSA) is 163 Å². The molecule has 1 aromatic carbocycles. The quantitative estimate of drug-likeness (QED) is 0.492. The van der Waals surface area contributed by atoms with Gasteiger partial charge in [0.1, 0.15) is 11.8 Å². The van der Waals surface area contributed by atoms with Crippen molar-refractivity contribution in [2.75, 3.05) is 24.5 Å². The molecule has 1 saturated heterocycles. The molecule has 0 aliphatic carbocycles. The molecule has 1 amide bonds. The highest BCUT2D eigenvalue weighted by molar-refractivity contribution is 7.92. The SMILES string of the molecule is CC(=O)NS(=O)(=O)c1sc(N2CCN(S(=O)(=O)c3ccc(OC(F)(F)F)cc3)C(C(=O)O)C2)nc1C. The van der Waals surface area contributed by atoms with Crippen LogP contribution >= 0.6 is 11.3 Å². The molecule has 198 valence electrons. The number of nitrogens with zero attached hydrogens (tertiary/aromatic N) is 3. The van der Waals surface area contributed by atoms with E-state index in [1.54, 1.807) is 0 Å². The third kappa shape index (κ3) is 6.05. The number of nitrogens with one attached hydrogen (secondary N) is 1. The molecule has 1 unspecified atom stereocenters. The Kier molecular flexibility index (Phi) is 7.54. The normalized spacial score (nSPS) is 17.6. The van der Waals surface area contributed by atoms with E-state index < -0.39 is 61.5 Å². The van der Waals surface area contributed by atoms with Gasteiger partial charge in [-0.15, -0.1) is 13.2 Å². The Morgan fingerprint density at radius 2 is 1.78 bits per heavy atom. The largest absolute Gasteiger partial charge is 0.573 e. The fourth-order valence-corrected chi connectivity index (χ4v) is 7.46. The summed E-state index contributed by atoms with van der Waals surface area (Å²) in [6, 6.07) is 1.70. The molecule has 18 heteroatoms. The van der Waals surface area contributed by atoms with Gasteiger partial charge >= 0.3 is 12.3 Å². The number of thiazole rings is 1. The van der Waals surface area contributed by atoms with Gasteiger partial charge in [-0.2, -0.15) is 4.31 Å². The van der Waals surface area contributed by atoms with E-state index in [1.807, 2.05) is 4.72 Å². The molecule has 2 N–H and O–H groups in total. The molecule has 1 atom stereocenters. The molecule has 1 aliphatic rings. The number of carbonyl (C=O) groups excluding carboxylic acids is 1. The van der Waals surface area contributed by atoms with Gasteiger partial charge in [0.25, 0.3) is 10.0 Å². The predicted molar refractivity (Wildman–Crippen MR) is 119 cm³/mol. The van der Waals surface area contributed by atoms with E-state index in [2.05, 4.69) is 9.72 Å². The first kappa shape index (κ1) is 27.6. The molecule has 0 spiro atoms. The van der Waals surface area contributed by atoms with Crippen LogP contribution in [0.5, 0.6) is 5.75 Å². The van der Waals surface area contributed by atoms with Crippen molar-refractivity contribution in [3.63, 3.8) is 0 Å². The van der Waals surface area contributed by atoms with E-state index in [4.69, 9.17) is 0 Å². The molecule has 2 heterocycles. The molecule has 0 saturated carbocycles. The first-order chi connectivity index (χ1) is 16.5. The fourth-order valence-electron chi connectivity index (χ4n) is 3.37. The summed E-state index contributed by atoms with van der Waals surface area (Å²) in [6.45, 7) is 1.60. The highest BCUT2D eigenvalue weighted by Gasteiger charge is 2.41. The van der Waals surface area contributed by atoms with E-state index >= 15 is 0 Å². The van der Waals surface area contributed by atoms with E-state index in [1.165, 1.54) is 11.8 Å². The Morgan fingerprint density at radius 1 is 1.17 bits per heavy atom. The number of aromatic nitrogens is 1. The average Bonchev–Trinajstić information content (AvgIpc) is 3.14. The number of sulfonamides is 2. The van der Waals surface area contributed by atoms with Crippen LogP contribution in [0.2, 0.25) is 0 Å². The molecular weight excluding hydrogens is 553 g/mol. The number of amides is 1. The lowest BCUT2D eigenvalue weighted by Crippen LogP contribution is -2.58. The van der Waals surface area contributed by atoms with E-state index in [9.17, 15) is 44.7 Å². The maximum Gasteiger partial charge on any atom is 0.573 e. The van der Waals surface area contributed by atoms with Gasteiger partial charge in [0.05, 0.1) is 10.6 Å². The van der Waals surface area contributed by atoms with E-state index in [0.29, 0.717) is 15.6 Å². The minimum Gasteiger partial charge on any atom is -0.480 e. The molecule has 0 bridgehead atoms. The standard InChI is InChI=1S/C18H19F3N4O8S3/c1-10-16(35(29,30)23-11(2)26)34-17(22-10)24-7-8-25(14(9-24)15(27)28)36(31,32)13-5-3-12(4-6-13)33-18(19,20)21/h3-6,14H,7-9H2,1-2H3,(H,23,26)(H,27,28). The van der Waals surface area contributed by atoms with Crippen molar-refractivity contribution < 1.29 is 49.4 Å². The van der Waals surface area contributed by atoms with Gasteiger partial charge in [0, 0.05) is 26.6 Å². The minimum atomic E-state index is -4.97. The fraction of sp³-hybridized carbons (Fsp3) is 0.389. The molecule has 1 fully saturated rings. The molecule has 36 heavy (non-hydrogen) atoms. The van der Waals surface area contributed by atoms with Crippen LogP contribution in [-0.4, -0.2) is 75.1 Å². The summed E-state index contributed by atoms with van der Waals surface area (Å²) >= 11 is 0.685. The summed E-state index contributed by atoms with van der Waals surface area (Å²) in [7, 11) is -8.63. The summed E-state index contributed by atoms with van der Waals surface area (Å²) in [5.41, 5.74) is 0.0619.